The first-order valence-electron chi connectivity index (χ1n) is 4.79. The third-order valence-electron chi connectivity index (χ3n) is 2.58. The minimum absolute atomic E-state index is 0.233. The number of amides is 1. The number of primary amides is 1. The average molecular weight is 203 g/mol. The van der Waals surface area contributed by atoms with Gasteiger partial charge in [-0.3, -0.25) is 4.79 Å². The van der Waals surface area contributed by atoms with Crippen LogP contribution in [0.4, 0.5) is 0 Å². The maximum Gasteiger partial charge on any atom is 0.226 e. The molecule has 5 N–H and O–H groups in total. The summed E-state index contributed by atoms with van der Waals surface area (Å²) in [7, 11) is 0. The lowest BCUT2D eigenvalue weighted by Crippen LogP contribution is -2.27. The summed E-state index contributed by atoms with van der Waals surface area (Å²) in [5, 5.41) is 1.01. The average Bonchev–Trinajstić information content (AvgIpc) is 2.63. The van der Waals surface area contributed by atoms with Gasteiger partial charge in [0.15, 0.2) is 0 Å². The largest absolute Gasteiger partial charge is 0.369 e. The Labute approximate surface area is 87.3 Å². The number of carbonyl (C=O) groups is 1. The minimum atomic E-state index is -0.416. The molecule has 1 aromatic heterocycles. The van der Waals surface area contributed by atoms with Gasteiger partial charge in [-0.05, 0) is 11.6 Å². The van der Waals surface area contributed by atoms with Crippen LogP contribution in [0.2, 0.25) is 0 Å². The van der Waals surface area contributed by atoms with Gasteiger partial charge in [-0.15, -0.1) is 0 Å². The number of benzene rings is 1. The van der Waals surface area contributed by atoms with Gasteiger partial charge in [0.2, 0.25) is 5.91 Å². The zero-order chi connectivity index (χ0) is 10.8. The smallest absolute Gasteiger partial charge is 0.226 e. The molecule has 78 valence electrons. The molecule has 0 radical (unpaired) electrons. The number of hydrogen-bond donors (Lipinski definition) is 3. The van der Waals surface area contributed by atoms with Crippen molar-refractivity contribution in [3.63, 3.8) is 0 Å². The summed E-state index contributed by atoms with van der Waals surface area (Å²) in [4.78, 5) is 14.3. The molecule has 2 rings (SSSR count). The number of rotatable bonds is 3. The van der Waals surface area contributed by atoms with Gasteiger partial charge in [0.25, 0.3) is 0 Å². The second-order valence-corrected chi connectivity index (χ2v) is 3.48. The summed E-state index contributed by atoms with van der Waals surface area (Å²) < 4.78 is 0. The third kappa shape index (κ3) is 1.59. The highest BCUT2D eigenvalue weighted by Gasteiger charge is 2.19. The van der Waals surface area contributed by atoms with Crippen LogP contribution in [-0.4, -0.2) is 17.4 Å². The van der Waals surface area contributed by atoms with E-state index in [2.05, 4.69) is 4.98 Å². The molecule has 0 aliphatic heterocycles. The molecule has 1 aromatic carbocycles. The molecule has 1 heterocycles. The van der Waals surface area contributed by atoms with Crippen molar-refractivity contribution in [2.45, 2.75) is 5.92 Å². The second-order valence-electron chi connectivity index (χ2n) is 3.48. The highest BCUT2D eigenvalue weighted by molar-refractivity contribution is 5.91. The van der Waals surface area contributed by atoms with E-state index in [0.29, 0.717) is 0 Å². The van der Waals surface area contributed by atoms with Gasteiger partial charge in [0.1, 0.15) is 0 Å². The Morgan fingerprint density at radius 1 is 1.40 bits per heavy atom. The van der Waals surface area contributed by atoms with E-state index in [0.717, 1.165) is 16.5 Å². The molecule has 0 bridgehead atoms. The van der Waals surface area contributed by atoms with Crippen molar-refractivity contribution in [2.24, 2.45) is 11.5 Å². The summed E-state index contributed by atoms with van der Waals surface area (Å²) in [6.07, 6.45) is 1.80. The fraction of sp³-hybridized carbons (Fsp3) is 0.182. The zero-order valence-corrected chi connectivity index (χ0v) is 8.23. The number of nitrogens with one attached hydrogen (secondary N) is 1. The lowest BCUT2D eigenvalue weighted by molar-refractivity contribution is -0.119. The molecule has 4 nitrogen and oxygen atoms in total. The van der Waals surface area contributed by atoms with Crippen molar-refractivity contribution in [1.29, 1.82) is 0 Å². The number of aromatic amines is 1. The molecular formula is C11H13N3O. The van der Waals surface area contributed by atoms with Gasteiger partial charge >= 0.3 is 0 Å². The second kappa shape index (κ2) is 3.74. The SMILES string of the molecule is NCC(C(N)=O)c1c[nH]c2ccccc12. The molecular weight excluding hydrogens is 190 g/mol. The molecule has 1 unspecified atom stereocenters. The van der Waals surface area contributed by atoms with Gasteiger partial charge in [-0.2, -0.15) is 0 Å². The van der Waals surface area contributed by atoms with Crippen molar-refractivity contribution in [2.75, 3.05) is 6.54 Å². The zero-order valence-electron chi connectivity index (χ0n) is 8.23. The van der Waals surface area contributed by atoms with Crippen LogP contribution < -0.4 is 11.5 Å². The van der Waals surface area contributed by atoms with Crippen molar-refractivity contribution >= 4 is 16.8 Å². The van der Waals surface area contributed by atoms with Gasteiger partial charge < -0.3 is 16.5 Å². The highest BCUT2D eigenvalue weighted by Crippen LogP contribution is 2.24. The Hall–Kier alpha value is -1.81. The Balaban J connectivity index is 2.55. The molecule has 1 amide bonds. The maximum absolute atomic E-state index is 11.2. The van der Waals surface area contributed by atoms with Gasteiger partial charge in [0.05, 0.1) is 5.92 Å². The number of H-pyrrole nitrogens is 1. The lowest BCUT2D eigenvalue weighted by atomic mass is 9.98. The summed E-state index contributed by atoms with van der Waals surface area (Å²) in [5.41, 5.74) is 12.7. The molecule has 0 saturated carbocycles. The number of fused-ring (bicyclic) bond motifs is 1. The molecule has 4 heteroatoms. The fourth-order valence-corrected chi connectivity index (χ4v) is 1.78. The topological polar surface area (TPSA) is 84.9 Å². The molecule has 2 aromatic rings. The number of aromatic nitrogens is 1. The van der Waals surface area contributed by atoms with Gasteiger partial charge in [-0.25, -0.2) is 0 Å². The van der Waals surface area contributed by atoms with E-state index in [4.69, 9.17) is 11.5 Å². The van der Waals surface area contributed by atoms with Crippen LogP contribution in [0.1, 0.15) is 11.5 Å². The predicted molar refractivity (Wildman–Crippen MR) is 59.3 cm³/mol. The van der Waals surface area contributed by atoms with Crippen LogP contribution in [0.15, 0.2) is 30.5 Å². The van der Waals surface area contributed by atoms with E-state index in [-0.39, 0.29) is 12.5 Å². The minimum Gasteiger partial charge on any atom is -0.369 e. The summed E-state index contributed by atoms with van der Waals surface area (Å²) in [5.74, 6) is -0.802. The summed E-state index contributed by atoms with van der Waals surface area (Å²) in [6, 6.07) is 7.76. The standard InChI is InChI=1S/C11H13N3O/c12-5-8(11(13)15)9-6-14-10-4-2-1-3-7(9)10/h1-4,6,8,14H,5,12H2,(H2,13,15). The molecule has 0 fully saturated rings. The molecule has 1 atom stereocenters. The lowest BCUT2D eigenvalue weighted by Gasteiger charge is -2.08. The van der Waals surface area contributed by atoms with E-state index >= 15 is 0 Å². The summed E-state index contributed by atoms with van der Waals surface area (Å²) >= 11 is 0. The molecule has 0 spiro atoms. The van der Waals surface area contributed by atoms with Crippen LogP contribution in [0, 0.1) is 0 Å². The Kier molecular flexibility index (Phi) is 2.43. The molecule has 0 aliphatic rings. The highest BCUT2D eigenvalue weighted by atomic mass is 16.1. The number of hydrogen-bond acceptors (Lipinski definition) is 2. The third-order valence-corrected chi connectivity index (χ3v) is 2.58. The van der Waals surface area contributed by atoms with E-state index in [1.54, 1.807) is 6.20 Å². The maximum atomic E-state index is 11.2. The first kappa shape index (κ1) is 9.73. The number of carbonyl (C=O) groups excluding carboxylic acids is 1. The number of para-hydroxylation sites is 1. The van der Waals surface area contributed by atoms with E-state index in [1.807, 2.05) is 24.3 Å². The van der Waals surface area contributed by atoms with Gasteiger partial charge in [-0.1, -0.05) is 18.2 Å². The van der Waals surface area contributed by atoms with Crippen molar-refractivity contribution in [3.05, 3.63) is 36.0 Å². The van der Waals surface area contributed by atoms with Crippen LogP contribution in [-0.2, 0) is 4.79 Å². The monoisotopic (exact) mass is 203 g/mol. The van der Waals surface area contributed by atoms with E-state index in [1.165, 1.54) is 0 Å². The van der Waals surface area contributed by atoms with Gasteiger partial charge in [0, 0.05) is 23.6 Å². The Morgan fingerprint density at radius 2 is 2.13 bits per heavy atom. The Morgan fingerprint density at radius 3 is 2.80 bits per heavy atom. The number of nitrogens with two attached hydrogens (primary N) is 2. The first-order valence-corrected chi connectivity index (χ1v) is 4.79. The van der Waals surface area contributed by atoms with Crippen molar-refractivity contribution < 1.29 is 4.79 Å². The fourth-order valence-electron chi connectivity index (χ4n) is 1.78. The molecule has 0 aliphatic carbocycles. The van der Waals surface area contributed by atoms with Crippen LogP contribution >= 0.6 is 0 Å². The van der Waals surface area contributed by atoms with Crippen molar-refractivity contribution in [1.82, 2.24) is 4.98 Å². The normalized spacial score (nSPS) is 12.9. The molecule has 0 saturated heterocycles. The van der Waals surface area contributed by atoms with Crippen LogP contribution in [0.3, 0.4) is 0 Å². The van der Waals surface area contributed by atoms with Crippen LogP contribution in [0.25, 0.3) is 10.9 Å². The Bertz CT molecular complexity index is 489. The predicted octanol–water partition coefficient (Wildman–Crippen LogP) is 0.695. The first-order chi connectivity index (χ1) is 7.24. The van der Waals surface area contributed by atoms with E-state index < -0.39 is 5.92 Å². The molecule has 15 heavy (non-hydrogen) atoms. The van der Waals surface area contributed by atoms with Crippen LogP contribution in [0.5, 0.6) is 0 Å². The van der Waals surface area contributed by atoms with E-state index in [9.17, 15) is 4.79 Å². The quantitative estimate of drug-likeness (QED) is 0.685. The van der Waals surface area contributed by atoms with Crippen molar-refractivity contribution in [3.8, 4) is 0 Å². The summed E-state index contributed by atoms with van der Waals surface area (Å²) in [6.45, 7) is 0.233.